The van der Waals surface area contributed by atoms with Crippen LogP contribution in [0.25, 0.3) is 11.1 Å². The molecule has 4 rings (SSSR count). The molecule has 0 N–H and O–H groups in total. The topological polar surface area (TPSA) is 91.7 Å². The largest absolute Gasteiger partial charge is 0.419 e. The fourth-order valence-corrected chi connectivity index (χ4v) is 4.39. The summed E-state index contributed by atoms with van der Waals surface area (Å²) in [6.45, 7) is 1.18. The van der Waals surface area contributed by atoms with E-state index in [1.807, 2.05) is 0 Å². The van der Waals surface area contributed by atoms with Crippen LogP contribution in [-0.4, -0.2) is 54.8 Å². The average molecular weight is 488 g/mol. The number of fused-ring (bicyclic) bond motifs is 1. The van der Waals surface area contributed by atoms with E-state index in [0.29, 0.717) is 23.3 Å². The van der Waals surface area contributed by atoms with E-state index < -0.39 is 29.1 Å². The number of alkyl halides is 3. The smallest absolute Gasteiger partial charge is 0.408 e. The second-order valence-electron chi connectivity index (χ2n) is 8.22. The second kappa shape index (κ2) is 9.84. The van der Waals surface area contributed by atoms with Crippen LogP contribution in [0.3, 0.4) is 0 Å². The van der Waals surface area contributed by atoms with Crippen molar-refractivity contribution in [2.24, 2.45) is 0 Å². The highest BCUT2D eigenvalue weighted by Crippen LogP contribution is 2.35. The molecular weight excluding hydrogens is 465 g/mol. The molecule has 1 fully saturated rings. The Kier molecular flexibility index (Phi) is 6.84. The van der Waals surface area contributed by atoms with Gasteiger partial charge < -0.3 is 19.0 Å². The monoisotopic (exact) mass is 488 g/mol. The molecule has 2 aromatic carbocycles. The summed E-state index contributed by atoms with van der Waals surface area (Å²) >= 11 is 0. The van der Waals surface area contributed by atoms with Crippen LogP contribution in [-0.2, 0) is 22.3 Å². The number of aromatic nitrogens is 1. The van der Waals surface area contributed by atoms with Gasteiger partial charge in [-0.05, 0) is 30.3 Å². The van der Waals surface area contributed by atoms with Gasteiger partial charge in [0.25, 0.3) is 0 Å². The molecule has 3 aromatic rings. The zero-order valence-corrected chi connectivity index (χ0v) is 18.9. The van der Waals surface area contributed by atoms with Crippen molar-refractivity contribution < 1.29 is 27.1 Å². The molecule has 0 radical (unpaired) electrons. The number of rotatable bonds is 6. The third kappa shape index (κ3) is 5.02. The molecule has 1 aliphatic heterocycles. The number of hydrogen-bond donors (Lipinski definition) is 0. The van der Waals surface area contributed by atoms with Crippen molar-refractivity contribution in [1.82, 2.24) is 9.47 Å². The van der Waals surface area contributed by atoms with Gasteiger partial charge in [0.05, 0.1) is 35.4 Å². The molecule has 35 heavy (non-hydrogen) atoms. The molecule has 184 valence electrons. The molecule has 11 heteroatoms. The van der Waals surface area contributed by atoms with Gasteiger partial charge >= 0.3 is 11.9 Å². The molecule has 1 aliphatic rings. The fraction of sp³-hybridized carbons (Fsp3) is 0.375. The third-order valence-corrected chi connectivity index (χ3v) is 6.08. The second-order valence-corrected chi connectivity index (χ2v) is 8.22. The predicted octanol–water partition coefficient (Wildman–Crippen LogP) is 3.24. The van der Waals surface area contributed by atoms with Gasteiger partial charge in [-0.25, -0.2) is 4.79 Å². The zero-order chi connectivity index (χ0) is 25.2. The van der Waals surface area contributed by atoms with Crippen molar-refractivity contribution in [3.63, 3.8) is 0 Å². The van der Waals surface area contributed by atoms with Crippen molar-refractivity contribution >= 4 is 22.7 Å². The Morgan fingerprint density at radius 2 is 2.00 bits per heavy atom. The van der Waals surface area contributed by atoms with E-state index in [1.54, 1.807) is 40.1 Å². The lowest BCUT2D eigenvalue weighted by molar-refractivity contribution is -0.137. The van der Waals surface area contributed by atoms with E-state index in [0.717, 1.165) is 12.1 Å². The molecule has 1 aromatic heterocycles. The number of methoxy groups -OCH3 is 1. The predicted molar refractivity (Wildman–Crippen MR) is 121 cm³/mol. The molecular formula is C24H23F3N4O4. The summed E-state index contributed by atoms with van der Waals surface area (Å²) in [5, 5.41) is 9.03. The molecule has 1 saturated heterocycles. The Morgan fingerprint density at radius 3 is 2.71 bits per heavy atom. The first-order valence-electron chi connectivity index (χ1n) is 11.0. The molecule has 0 aliphatic carbocycles. The number of nitriles is 1. The van der Waals surface area contributed by atoms with E-state index in [2.05, 4.69) is 0 Å². The van der Waals surface area contributed by atoms with Crippen LogP contribution in [0.15, 0.2) is 51.7 Å². The number of halogens is 3. The maximum absolute atomic E-state index is 13.4. The first-order valence-corrected chi connectivity index (χ1v) is 11.0. The maximum atomic E-state index is 13.4. The zero-order valence-electron chi connectivity index (χ0n) is 18.9. The summed E-state index contributed by atoms with van der Waals surface area (Å²) in [6, 6.07) is 11.7. The highest BCUT2D eigenvalue weighted by molar-refractivity contribution is 5.78. The summed E-state index contributed by atoms with van der Waals surface area (Å²) in [7, 11) is 1.49. The summed E-state index contributed by atoms with van der Waals surface area (Å²) in [5.74, 6) is -0.738. The number of ether oxygens (including phenoxy) is 1. The molecule has 1 amide bonds. The number of oxazole rings is 1. The third-order valence-electron chi connectivity index (χ3n) is 6.08. The lowest BCUT2D eigenvalue weighted by Gasteiger charge is -2.42. The van der Waals surface area contributed by atoms with Gasteiger partial charge in [-0.1, -0.05) is 12.1 Å². The molecule has 8 nitrogen and oxygen atoms in total. The van der Waals surface area contributed by atoms with Gasteiger partial charge in [-0.15, -0.1) is 0 Å². The number of nitrogens with zero attached hydrogens (tertiary/aromatic N) is 4. The Labute approximate surface area is 198 Å². The minimum Gasteiger partial charge on any atom is -0.408 e. The molecule has 0 saturated carbocycles. The number of hydrogen-bond acceptors (Lipinski definition) is 6. The minimum atomic E-state index is -4.65. The molecule has 1 unspecified atom stereocenters. The van der Waals surface area contributed by atoms with Gasteiger partial charge in [0.1, 0.15) is 0 Å². The maximum Gasteiger partial charge on any atom is 0.419 e. The van der Waals surface area contributed by atoms with E-state index in [9.17, 15) is 22.8 Å². The van der Waals surface area contributed by atoms with Crippen molar-refractivity contribution in [2.75, 3.05) is 38.3 Å². The number of benzene rings is 2. The average Bonchev–Trinajstić information content (AvgIpc) is 3.16. The van der Waals surface area contributed by atoms with Crippen LogP contribution in [0, 0.1) is 11.3 Å². The Hall–Kier alpha value is -3.78. The lowest BCUT2D eigenvalue weighted by Crippen LogP contribution is -2.57. The highest BCUT2D eigenvalue weighted by atomic mass is 19.4. The Bertz CT molecular complexity index is 1320. The van der Waals surface area contributed by atoms with Crippen molar-refractivity contribution in [1.29, 1.82) is 5.26 Å². The van der Waals surface area contributed by atoms with Crippen LogP contribution < -0.4 is 10.7 Å². The van der Waals surface area contributed by atoms with E-state index in [1.165, 1.54) is 17.7 Å². The summed E-state index contributed by atoms with van der Waals surface area (Å²) in [5.41, 5.74) is -0.0650. The van der Waals surface area contributed by atoms with Crippen LogP contribution in [0.1, 0.15) is 17.5 Å². The fourth-order valence-electron chi connectivity index (χ4n) is 4.39. The summed E-state index contributed by atoms with van der Waals surface area (Å²) in [4.78, 5) is 28.6. The standard InChI is InChI=1S/C24H23F3N4O4/c1-34-15-18-14-29(17-7-6-16(13-28)19(12-17)24(25,26)27)10-11-30(18)22(32)8-9-31-20-4-2-3-5-21(20)35-23(31)33/h2-7,12,18H,8-11,14-15H2,1H3. The van der Waals surface area contributed by atoms with Crippen molar-refractivity contribution in [3.8, 4) is 6.07 Å². The Balaban J connectivity index is 1.49. The van der Waals surface area contributed by atoms with Crippen molar-refractivity contribution in [2.45, 2.75) is 25.2 Å². The first-order chi connectivity index (χ1) is 16.7. The molecule has 1 atom stereocenters. The van der Waals surface area contributed by atoms with E-state index in [4.69, 9.17) is 14.4 Å². The number of aryl methyl sites for hydroxylation is 1. The van der Waals surface area contributed by atoms with Gasteiger partial charge in [-0.2, -0.15) is 18.4 Å². The highest BCUT2D eigenvalue weighted by Gasteiger charge is 2.36. The van der Waals surface area contributed by atoms with Crippen molar-refractivity contribution in [3.05, 3.63) is 64.1 Å². The SMILES string of the molecule is COCC1CN(c2ccc(C#N)c(C(F)(F)F)c2)CCN1C(=O)CCn1c(=O)oc2ccccc21. The van der Waals surface area contributed by atoms with Crippen LogP contribution in [0.4, 0.5) is 18.9 Å². The van der Waals surface area contributed by atoms with Crippen LogP contribution in [0.2, 0.25) is 0 Å². The van der Waals surface area contributed by atoms with Gasteiger partial charge in [0.2, 0.25) is 5.91 Å². The number of carbonyl (C=O) groups excluding carboxylic acids is 1. The van der Waals surface area contributed by atoms with Crippen LogP contribution >= 0.6 is 0 Å². The van der Waals surface area contributed by atoms with Crippen LogP contribution in [0.5, 0.6) is 0 Å². The number of amides is 1. The number of carbonyl (C=O) groups is 1. The minimum absolute atomic E-state index is 0.0543. The van der Waals surface area contributed by atoms with E-state index >= 15 is 0 Å². The van der Waals surface area contributed by atoms with Gasteiger partial charge in [-0.3, -0.25) is 9.36 Å². The number of piperazine rings is 1. The van der Waals surface area contributed by atoms with Gasteiger partial charge in [0, 0.05) is 45.4 Å². The number of anilines is 1. The normalized spacial score (nSPS) is 16.5. The molecule has 2 heterocycles. The molecule has 0 spiro atoms. The Morgan fingerprint density at radius 1 is 1.23 bits per heavy atom. The number of para-hydroxylation sites is 2. The summed E-state index contributed by atoms with van der Waals surface area (Å²) < 4.78 is 52.1. The van der Waals surface area contributed by atoms with E-state index in [-0.39, 0.29) is 38.6 Å². The molecule has 0 bridgehead atoms. The first kappa shape index (κ1) is 24.3. The lowest BCUT2D eigenvalue weighted by atomic mass is 10.0. The quantitative estimate of drug-likeness (QED) is 0.529. The van der Waals surface area contributed by atoms with Gasteiger partial charge in [0.15, 0.2) is 5.58 Å². The summed E-state index contributed by atoms with van der Waals surface area (Å²) in [6.07, 6.45) is -4.60.